The van der Waals surface area contributed by atoms with Crippen LogP contribution in [0.4, 0.5) is 0 Å². The summed E-state index contributed by atoms with van der Waals surface area (Å²) < 4.78 is 0. The molecule has 1 heterocycles. The van der Waals surface area contributed by atoms with Gasteiger partial charge in [0, 0.05) is 26.2 Å². The monoisotopic (exact) mass is 158 g/mol. The molecule has 1 rings (SSSR count). The van der Waals surface area contributed by atoms with Crippen LogP contribution in [0.3, 0.4) is 0 Å². The van der Waals surface area contributed by atoms with E-state index in [1.54, 1.807) is 11.8 Å². The van der Waals surface area contributed by atoms with E-state index in [1.807, 2.05) is 4.90 Å². The summed E-state index contributed by atoms with van der Waals surface area (Å²) >= 11 is 0. The van der Waals surface area contributed by atoms with Gasteiger partial charge in [-0.05, 0) is 6.92 Å². The number of aliphatic hydroxyl groups excluding tert-OH is 1. The van der Waals surface area contributed by atoms with E-state index in [2.05, 4.69) is 0 Å². The van der Waals surface area contributed by atoms with E-state index in [0.29, 0.717) is 0 Å². The molecule has 4 heteroatoms. The van der Waals surface area contributed by atoms with Gasteiger partial charge in [-0.1, -0.05) is 0 Å². The van der Waals surface area contributed by atoms with Crippen molar-refractivity contribution in [3.05, 3.63) is 0 Å². The molecule has 0 saturated carbocycles. The van der Waals surface area contributed by atoms with Crippen LogP contribution in [0.5, 0.6) is 0 Å². The molecule has 0 radical (unpaired) electrons. The summed E-state index contributed by atoms with van der Waals surface area (Å²) in [7, 11) is 0. The topological polar surface area (TPSA) is 43.8 Å². The Kier molecular flexibility index (Phi) is 2.84. The van der Waals surface area contributed by atoms with Gasteiger partial charge >= 0.3 is 0 Å². The number of piperazine rings is 1. The number of hydrogen-bond donors (Lipinski definition) is 1. The van der Waals surface area contributed by atoms with Crippen molar-refractivity contribution in [1.82, 2.24) is 9.80 Å². The van der Waals surface area contributed by atoms with Gasteiger partial charge in [-0.15, -0.1) is 0 Å². The van der Waals surface area contributed by atoms with Gasteiger partial charge in [0.25, 0.3) is 0 Å². The van der Waals surface area contributed by atoms with E-state index in [-0.39, 0.29) is 6.23 Å². The zero-order valence-electron chi connectivity index (χ0n) is 6.73. The van der Waals surface area contributed by atoms with Crippen LogP contribution in [-0.2, 0) is 4.79 Å². The summed E-state index contributed by atoms with van der Waals surface area (Å²) in [6, 6.07) is 0. The second-order valence-corrected chi connectivity index (χ2v) is 2.81. The lowest BCUT2D eigenvalue weighted by molar-refractivity contribution is -0.121. The second-order valence-electron chi connectivity index (χ2n) is 2.81. The van der Waals surface area contributed by atoms with Crippen molar-refractivity contribution in [2.45, 2.75) is 13.2 Å². The highest BCUT2D eigenvalue weighted by Crippen LogP contribution is 2.01. The Balaban J connectivity index is 2.29. The number of amides is 1. The maximum absolute atomic E-state index is 10.3. The Morgan fingerprint density at radius 1 is 1.36 bits per heavy atom. The maximum Gasteiger partial charge on any atom is 0.209 e. The Morgan fingerprint density at radius 3 is 2.27 bits per heavy atom. The molecular weight excluding hydrogens is 144 g/mol. The fraction of sp³-hybridized carbons (Fsp3) is 0.857. The molecule has 1 unspecified atom stereocenters. The van der Waals surface area contributed by atoms with Crippen molar-refractivity contribution >= 4 is 6.41 Å². The minimum Gasteiger partial charge on any atom is -0.379 e. The molecule has 1 amide bonds. The van der Waals surface area contributed by atoms with E-state index in [1.165, 1.54) is 0 Å². The summed E-state index contributed by atoms with van der Waals surface area (Å²) in [6.45, 7) is 4.76. The zero-order chi connectivity index (χ0) is 8.27. The zero-order valence-corrected chi connectivity index (χ0v) is 6.73. The largest absolute Gasteiger partial charge is 0.379 e. The number of aliphatic hydroxyl groups is 1. The normalized spacial score (nSPS) is 23.3. The molecule has 1 aliphatic heterocycles. The van der Waals surface area contributed by atoms with E-state index in [0.717, 1.165) is 32.6 Å². The molecule has 1 fully saturated rings. The van der Waals surface area contributed by atoms with Crippen molar-refractivity contribution < 1.29 is 9.90 Å². The lowest BCUT2D eigenvalue weighted by Gasteiger charge is -2.34. The van der Waals surface area contributed by atoms with Crippen LogP contribution < -0.4 is 0 Å². The van der Waals surface area contributed by atoms with E-state index < -0.39 is 0 Å². The van der Waals surface area contributed by atoms with Crippen molar-refractivity contribution in [3.63, 3.8) is 0 Å². The number of rotatable bonds is 2. The molecule has 0 aromatic carbocycles. The molecule has 0 spiro atoms. The summed E-state index contributed by atoms with van der Waals surface area (Å²) in [4.78, 5) is 13.9. The van der Waals surface area contributed by atoms with Crippen LogP contribution in [0.1, 0.15) is 6.92 Å². The number of carbonyl (C=O) groups excluding carboxylic acids is 1. The average Bonchev–Trinajstić information content (AvgIpc) is 2.05. The number of nitrogens with zero attached hydrogens (tertiary/aromatic N) is 2. The fourth-order valence-corrected chi connectivity index (χ4v) is 1.22. The second kappa shape index (κ2) is 3.69. The van der Waals surface area contributed by atoms with Gasteiger partial charge in [0.05, 0.1) is 0 Å². The molecule has 1 atom stereocenters. The highest BCUT2D eigenvalue weighted by atomic mass is 16.3. The molecule has 0 aliphatic carbocycles. The molecule has 4 nitrogen and oxygen atoms in total. The Morgan fingerprint density at radius 2 is 1.91 bits per heavy atom. The minimum absolute atomic E-state index is 0.385. The van der Waals surface area contributed by atoms with Gasteiger partial charge in [0.1, 0.15) is 6.23 Å². The van der Waals surface area contributed by atoms with Crippen molar-refractivity contribution in [2.75, 3.05) is 26.2 Å². The summed E-state index contributed by atoms with van der Waals surface area (Å²) in [5, 5.41) is 9.16. The maximum atomic E-state index is 10.3. The summed E-state index contributed by atoms with van der Waals surface area (Å²) in [5.41, 5.74) is 0. The van der Waals surface area contributed by atoms with Crippen molar-refractivity contribution in [1.29, 1.82) is 0 Å². The van der Waals surface area contributed by atoms with Crippen LogP contribution in [0.15, 0.2) is 0 Å². The van der Waals surface area contributed by atoms with Gasteiger partial charge in [-0.3, -0.25) is 9.69 Å². The predicted molar refractivity (Wildman–Crippen MR) is 40.9 cm³/mol. The Bertz CT molecular complexity index is 130. The standard InChI is InChI=1S/C7H14N2O2/c1-7(11)9-4-2-8(6-10)3-5-9/h6-7,11H,2-5H2,1H3. The van der Waals surface area contributed by atoms with Gasteiger partial charge in [0.15, 0.2) is 0 Å². The molecule has 1 aliphatic rings. The van der Waals surface area contributed by atoms with E-state index in [9.17, 15) is 4.79 Å². The first-order valence-corrected chi connectivity index (χ1v) is 3.85. The predicted octanol–water partition coefficient (Wildman–Crippen LogP) is -0.901. The van der Waals surface area contributed by atoms with Gasteiger partial charge < -0.3 is 10.0 Å². The number of hydrogen-bond acceptors (Lipinski definition) is 3. The van der Waals surface area contributed by atoms with Gasteiger partial charge in [-0.2, -0.15) is 0 Å². The SMILES string of the molecule is CC(O)N1CCN(C=O)CC1. The van der Waals surface area contributed by atoms with Crippen LogP contribution in [0.25, 0.3) is 0 Å². The molecule has 1 saturated heterocycles. The highest BCUT2D eigenvalue weighted by molar-refractivity contribution is 5.47. The molecule has 64 valence electrons. The summed E-state index contributed by atoms with van der Waals surface area (Å²) in [5.74, 6) is 0. The third kappa shape index (κ3) is 2.17. The van der Waals surface area contributed by atoms with Crippen molar-refractivity contribution in [3.8, 4) is 0 Å². The number of carbonyl (C=O) groups is 1. The van der Waals surface area contributed by atoms with Crippen LogP contribution in [0, 0.1) is 0 Å². The van der Waals surface area contributed by atoms with E-state index >= 15 is 0 Å². The lowest BCUT2D eigenvalue weighted by atomic mass is 10.3. The van der Waals surface area contributed by atoms with Crippen LogP contribution in [-0.4, -0.2) is 53.7 Å². The third-order valence-electron chi connectivity index (χ3n) is 2.03. The van der Waals surface area contributed by atoms with Crippen molar-refractivity contribution in [2.24, 2.45) is 0 Å². The molecule has 0 aromatic heterocycles. The first-order chi connectivity index (χ1) is 5.24. The lowest BCUT2D eigenvalue weighted by Crippen LogP contribution is -2.48. The quantitative estimate of drug-likeness (QED) is 0.530. The highest BCUT2D eigenvalue weighted by Gasteiger charge is 2.17. The minimum atomic E-state index is -0.385. The molecule has 1 N–H and O–H groups in total. The van der Waals surface area contributed by atoms with E-state index in [4.69, 9.17) is 5.11 Å². The van der Waals surface area contributed by atoms with Crippen LogP contribution in [0.2, 0.25) is 0 Å². The first-order valence-electron chi connectivity index (χ1n) is 3.85. The van der Waals surface area contributed by atoms with Crippen LogP contribution >= 0.6 is 0 Å². The molecule has 0 bridgehead atoms. The smallest absolute Gasteiger partial charge is 0.209 e. The molecule has 0 aromatic rings. The third-order valence-corrected chi connectivity index (χ3v) is 2.03. The average molecular weight is 158 g/mol. The van der Waals surface area contributed by atoms with Gasteiger partial charge in [0.2, 0.25) is 6.41 Å². The first kappa shape index (κ1) is 8.49. The molecular formula is C7H14N2O2. The summed E-state index contributed by atoms with van der Waals surface area (Å²) in [6.07, 6.45) is 0.475. The molecule has 11 heavy (non-hydrogen) atoms. The Labute approximate surface area is 66.4 Å². The fourth-order valence-electron chi connectivity index (χ4n) is 1.22. The van der Waals surface area contributed by atoms with Gasteiger partial charge in [-0.25, -0.2) is 0 Å². The Hall–Kier alpha value is -0.610.